The Morgan fingerprint density at radius 2 is 2.24 bits per heavy atom. The molecule has 0 aliphatic carbocycles. The molecule has 1 N–H and O–H groups in total. The van der Waals surface area contributed by atoms with Crippen LogP contribution >= 0.6 is 0 Å². The van der Waals surface area contributed by atoms with Crippen molar-refractivity contribution in [1.82, 2.24) is 4.90 Å². The SMILES string of the molecule is Cc1ccccc1OCCN1CCC[C@H]1CO. The number of hydrogen-bond acceptors (Lipinski definition) is 3. The number of likely N-dealkylation sites (tertiary alicyclic amines) is 1. The minimum atomic E-state index is 0.268. The smallest absolute Gasteiger partial charge is 0.122 e. The van der Waals surface area contributed by atoms with Crippen LogP contribution in [0.2, 0.25) is 0 Å². The highest BCUT2D eigenvalue weighted by molar-refractivity contribution is 5.31. The second kappa shape index (κ2) is 6.03. The van der Waals surface area contributed by atoms with Crippen LogP contribution < -0.4 is 4.74 Å². The van der Waals surface area contributed by atoms with Gasteiger partial charge in [0.2, 0.25) is 0 Å². The van der Waals surface area contributed by atoms with Gasteiger partial charge in [0.05, 0.1) is 6.61 Å². The number of rotatable bonds is 5. The molecule has 0 unspecified atom stereocenters. The lowest BCUT2D eigenvalue weighted by atomic mass is 10.2. The Morgan fingerprint density at radius 3 is 3.00 bits per heavy atom. The van der Waals surface area contributed by atoms with Crippen molar-refractivity contribution in [2.45, 2.75) is 25.8 Å². The summed E-state index contributed by atoms with van der Waals surface area (Å²) < 4.78 is 5.77. The summed E-state index contributed by atoms with van der Waals surface area (Å²) >= 11 is 0. The molecule has 1 aromatic carbocycles. The Kier molecular flexibility index (Phi) is 4.40. The molecule has 2 rings (SSSR count). The lowest BCUT2D eigenvalue weighted by molar-refractivity contribution is 0.139. The van der Waals surface area contributed by atoms with Crippen LogP contribution in [-0.2, 0) is 0 Å². The van der Waals surface area contributed by atoms with E-state index in [9.17, 15) is 5.11 Å². The van der Waals surface area contributed by atoms with Crippen molar-refractivity contribution in [1.29, 1.82) is 0 Å². The molecule has 0 radical (unpaired) electrons. The van der Waals surface area contributed by atoms with E-state index < -0.39 is 0 Å². The Morgan fingerprint density at radius 1 is 1.41 bits per heavy atom. The number of aryl methyl sites for hydroxylation is 1. The number of para-hydroxylation sites is 1. The van der Waals surface area contributed by atoms with Crippen LogP contribution in [0.4, 0.5) is 0 Å². The summed E-state index contributed by atoms with van der Waals surface area (Å²) in [4.78, 5) is 2.32. The third kappa shape index (κ3) is 3.20. The molecule has 0 amide bonds. The van der Waals surface area contributed by atoms with Gasteiger partial charge in [0, 0.05) is 12.6 Å². The van der Waals surface area contributed by atoms with Gasteiger partial charge in [0.25, 0.3) is 0 Å². The van der Waals surface area contributed by atoms with Crippen molar-refractivity contribution in [3.63, 3.8) is 0 Å². The first-order valence-corrected chi connectivity index (χ1v) is 6.34. The molecule has 17 heavy (non-hydrogen) atoms. The van der Waals surface area contributed by atoms with Gasteiger partial charge in [0.1, 0.15) is 12.4 Å². The zero-order valence-electron chi connectivity index (χ0n) is 10.4. The molecule has 0 spiro atoms. The number of ether oxygens (including phenoxy) is 1. The molecule has 1 fully saturated rings. The molecule has 3 heteroatoms. The van der Waals surface area contributed by atoms with Crippen molar-refractivity contribution in [2.24, 2.45) is 0 Å². The number of aliphatic hydroxyl groups is 1. The van der Waals surface area contributed by atoms with Crippen molar-refractivity contribution in [3.05, 3.63) is 29.8 Å². The zero-order valence-corrected chi connectivity index (χ0v) is 10.4. The summed E-state index contributed by atoms with van der Waals surface area (Å²) in [6, 6.07) is 8.42. The average molecular weight is 235 g/mol. The predicted molar refractivity (Wildman–Crippen MR) is 68.4 cm³/mol. The Bertz CT molecular complexity index is 354. The van der Waals surface area contributed by atoms with E-state index in [2.05, 4.69) is 17.9 Å². The van der Waals surface area contributed by atoms with E-state index in [-0.39, 0.29) is 6.61 Å². The second-order valence-electron chi connectivity index (χ2n) is 4.63. The summed E-state index contributed by atoms with van der Waals surface area (Å²) in [5.74, 6) is 0.965. The molecule has 1 aliphatic rings. The summed E-state index contributed by atoms with van der Waals surface area (Å²) in [5.41, 5.74) is 1.17. The van der Waals surface area contributed by atoms with Crippen LogP contribution in [0.3, 0.4) is 0 Å². The second-order valence-corrected chi connectivity index (χ2v) is 4.63. The van der Waals surface area contributed by atoms with E-state index in [1.807, 2.05) is 18.2 Å². The quantitative estimate of drug-likeness (QED) is 0.845. The summed E-state index contributed by atoms with van der Waals surface area (Å²) in [6.45, 7) is 5.01. The summed E-state index contributed by atoms with van der Waals surface area (Å²) in [6.07, 6.45) is 2.30. The number of aliphatic hydroxyl groups excluding tert-OH is 1. The molecule has 0 aromatic heterocycles. The Labute approximate surface area is 103 Å². The molecule has 1 atom stereocenters. The van der Waals surface area contributed by atoms with Crippen LogP contribution in [-0.4, -0.2) is 42.4 Å². The first kappa shape index (κ1) is 12.4. The predicted octanol–water partition coefficient (Wildman–Crippen LogP) is 1.83. The van der Waals surface area contributed by atoms with Gasteiger partial charge in [-0.2, -0.15) is 0 Å². The molecular formula is C14H21NO2. The number of hydrogen-bond donors (Lipinski definition) is 1. The third-order valence-electron chi connectivity index (χ3n) is 3.44. The molecule has 3 nitrogen and oxygen atoms in total. The van der Waals surface area contributed by atoms with Gasteiger partial charge in [-0.25, -0.2) is 0 Å². The van der Waals surface area contributed by atoms with Crippen LogP contribution in [0.5, 0.6) is 5.75 Å². The molecular weight excluding hydrogens is 214 g/mol. The van der Waals surface area contributed by atoms with Gasteiger partial charge in [-0.3, -0.25) is 4.90 Å². The van der Waals surface area contributed by atoms with Crippen LogP contribution in [0.25, 0.3) is 0 Å². The highest BCUT2D eigenvalue weighted by Gasteiger charge is 2.22. The molecule has 1 saturated heterocycles. The van der Waals surface area contributed by atoms with Gasteiger partial charge in [-0.15, -0.1) is 0 Å². The minimum absolute atomic E-state index is 0.268. The van der Waals surface area contributed by atoms with Crippen molar-refractivity contribution >= 4 is 0 Å². The maximum absolute atomic E-state index is 9.21. The zero-order chi connectivity index (χ0) is 12.1. The Balaban J connectivity index is 1.78. The monoisotopic (exact) mass is 235 g/mol. The first-order valence-electron chi connectivity index (χ1n) is 6.34. The minimum Gasteiger partial charge on any atom is -0.492 e. The van der Waals surface area contributed by atoms with Crippen LogP contribution in [0.15, 0.2) is 24.3 Å². The largest absolute Gasteiger partial charge is 0.492 e. The van der Waals surface area contributed by atoms with Crippen molar-refractivity contribution in [3.8, 4) is 5.75 Å². The van der Waals surface area contributed by atoms with E-state index in [0.29, 0.717) is 12.6 Å². The molecule has 0 bridgehead atoms. The van der Waals surface area contributed by atoms with Crippen molar-refractivity contribution < 1.29 is 9.84 Å². The van der Waals surface area contributed by atoms with E-state index in [1.165, 1.54) is 12.0 Å². The number of benzene rings is 1. The fourth-order valence-corrected chi connectivity index (χ4v) is 2.39. The van der Waals surface area contributed by atoms with Gasteiger partial charge >= 0.3 is 0 Å². The summed E-state index contributed by atoms with van der Waals surface area (Å²) in [7, 11) is 0. The maximum Gasteiger partial charge on any atom is 0.122 e. The van der Waals surface area contributed by atoms with Gasteiger partial charge in [-0.05, 0) is 37.9 Å². The normalized spacial score (nSPS) is 20.7. The van der Waals surface area contributed by atoms with E-state index in [1.54, 1.807) is 0 Å². The lowest BCUT2D eigenvalue weighted by Gasteiger charge is -2.22. The van der Waals surface area contributed by atoms with E-state index in [4.69, 9.17) is 4.74 Å². The standard InChI is InChI=1S/C14H21NO2/c1-12-5-2-3-7-14(12)17-10-9-15-8-4-6-13(15)11-16/h2-3,5,7,13,16H,4,6,8-11H2,1H3/t13-/m0/s1. The van der Waals surface area contributed by atoms with Gasteiger partial charge < -0.3 is 9.84 Å². The van der Waals surface area contributed by atoms with Crippen LogP contribution in [0, 0.1) is 6.92 Å². The summed E-state index contributed by atoms with van der Waals surface area (Å²) in [5, 5.41) is 9.21. The fraction of sp³-hybridized carbons (Fsp3) is 0.571. The molecule has 1 aliphatic heterocycles. The van der Waals surface area contributed by atoms with E-state index in [0.717, 1.165) is 25.3 Å². The molecule has 1 aromatic rings. The number of nitrogens with zero attached hydrogens (tertiary/aromatic N) is 1. The Hall–Kier alpha value is -1.06. The van der Waals surface area contributed by atoms with Crippen LogP contribution in [0.1, 0.15) is 18.4 Å². The maximum atomic E-state index is 9.21. The molecule has 94 valence electrons. The lowest BCUT2D eigenvalue weighted by Crippen LogP contribution is -2.35. The average Bonchev–Trinajstić information content (AvgIpc) is 2.79. The van der Waals surface area contributed by atoms with Crippen molar-refractivity contribution in [2.75, 3.05) is 26.3 Å². The van der Waals surface area contributed by atoms with E-state index >= 15 is 0 Å². The van der Waals surface area contributed by atoms with Gasteiger partial charge in [0.15, 0.2) is 0 Å². The first-order chi connectivity index (χ1) is 8.31. The molecule has 0 saturated carbocycles. The molecule has 1 heterocycles. The highest BCUT2D eigenvalue weighted by Crippen LogP contribution is 2.18. The topological polar surface area (TPSA) is 32.7 Å². The fourth-order valence-electron chi connectivity index (χ4n) is 2.39. The van der Waals surface area contributed by atoms with Gasteiger partial charge in [-0.1, -0.05) is 18.2 Å². The highest BCUT2D eigenvalue weighted by atomic mass is 16.5. The third-order valence-corrected chi connectivity index (χ3v) is 3.44.